The molecule has 8 heteroatoms. The molecule has 0 unspecified atom stereocenters. The van der Waals surface area contributed by atoms with Gasteiger partial charge in [-0.1, -0.05) is 18.2 Å². The second kappa shape index (κ2) is 8.72. The molecule has 1 aromatic rings. The fraction of sp³-hybridized carbons (Fsp3) is 0.500. The van der Waals surface area contributed by atoms with Crippen molar-refractivity contribution in [2.75, 3.05) is 40.2 Å². The predicted molar refractivity (Wildman–Crippen MR) is 83.1 cm³/mol. The van der Waals surface area contributed by atoms with Gasteiger partial charge in [0.25, 0.3) is 0 Å². The second-order valence-corrected chi connectivity index (χ2v) is 6.67. The topological polar surface area (TPSA) is 84.9 Å². The lowest BCUT2D eigenvalue weighted by Gasteiger charge is -2.20. The van der Waals surface area contributed by atoms with Crippen molar-refractivity contribution in [2.24, 2.45) is 0 Å². The summed E-state index contributed by atoms with van der Waals surface area (Å²) in [7, 11) is -0.489. The summed E-state index contributed by atoms with van der Waals surface area (Å²) in [5.41, 5.74) is 0.695. The van der Waals surface area contributed by atoms with E-state index >= 15 is 0 Å². The van der Waals surface area contributed by atoms with E-state index in [0.29, 0.717) is 24.5 Å². The molecule has 0 aliphatic carbocycles. The molecule has 0 saturated heterocycles. The van der Waals surface area contributed by atoms with E-state index in [4.69, 9.17) is 9.47 Å². The SMILES string of the molecule is COCCNC(=O)CN(Cc1ccccc1OC)S(C)(=O)=O. The van der Waals surface area contributed by atoms with Gasteiger partial charge in [-0.25, -0.2) is 8.42 Å². The first-order chi connectivity index (χ1) is 10.4. The van der Waals surface area contributed by atoms with Crippen LogP contribution in [-0.2, 0) is 26.1 Å². The molecule has 0 fully saturated rings. The van der Waals surface area contributed by atoms with Crippen molar-refractivity contribution in [3.8, 4) is 5.75 Å². The van der Waals surface area contributed by atoms with Gasteiger partial charge >= 0.3 is 0 Å². The summed E-state index contributed by atoms with van der Waals surface area (Å²) < 4.78 is 34.9. The van der Waals surface area contributed by atoms with Gasteiger partial charge in [-0.05, 0) is 6.07 Å². The molecule has 0 atom stereocenters. The number of rotatable bonds is 9. The highest BCUT2D eigenvalue weighted by Gasteiger charge is 2.21. The van der Waals surface area contributed by atoms with E-state index in [-0.39, 0.29) is 19.0 Å². The van der Waals surface area contributed by atoms with Gasteiger partial charge in [0, 0.05) is 25.8 Å². The zero-order valence-corrected chi connectivity index (χ0v) is 13.9. The number of para-hydroxylation sites is 1. The highest BCUT2D eigenvalue weighted by atomic mass is 32.2. The molecule has 0 heterocycles. The Morgan fingerprint density at radius 2 is 1.95 bits per heavy atom. The molecule has 1 amide bonds. The van der Waals surface area contributed by atoms with Crippen LogP contribution < -0.4 is 10.1 Å². The Bertz CT molecular complexity index is 589. The standard InChI is InChI=1S/C14H22N2O5S/c1-20-9-8-15-14(17)11-16(22(3,18)19)10-12-6-4-5-7-13(12)21-2/h4-7H,8-11H2,1-3H3,(H,15,17). The van der Waals surface area contributed by atoms with E-state index in [1.807, 2.05) is 0 Å². The third-order valence-electron chi connectivity index (χ3n) is 2.96. The van der Waals surface area contributed by atoms with Crippen LogP contribution in [0.4, 0.5) is 0 Å². The number of hydrogen-bond acceptors (Lipinski definition) is 5. The summed E-state index contributed by atoms with van der Waals surface area (Å²) in [6.07, 6.45) is 1.07. The normalized spacial score (nSPS) is 11.5. The Morgan fingerprint density at radius 3 is 2.55 bits per heavy atom. The van der Waals surface area contributed by atoms with Gasteiger partial charge in [0.2, 0.25) is 15.9 Å². The molecule has 0 spiro atoms. The summed E-state index contributed by atoms with van der Waals surface area (Å²) in [6.45, 7) is 0.528. The molecule has 0 bridgehead atoms. The fourth-order valence-corrected chi connectivity index (χ4v) is 2.55. The summed E-state index contributed by atoms with van der Waals surface area (Å²) in [6, 6.07) is 7.09. The Morgan fingerprint density at radius 1 is 1.27 bits per heavy atom. The van der Waals surface area contributed by atoms with Crippen LogP contribution in [0.5, 0.6) is 5.75 Å². The summed E-state index contributed by atoms with van der Waals surface area (Å²) in [5.74, 6) is 0.202. The van der Waals surface area contributed by atoms with Crippen LogP contribution >= 0.6 is 0 Å². The third-order valence-corrected chi connectivity index (χ3v) is 4.15. The Hall–Kier alpha value is -1.64. The monoisotopic (exact) mass is 330 g/mol. The van der Waals surface area contributed by atoms with Gasteiger partial charge in [0.15, 0.2) is 0 Å². The van der Waals surface area contributed by atoms with Gasteiger partial charge in [-0.15, -0.1) is 0 Å². The first kappa shape index (κ1) is 18.4. The molecule has 0 saturated carbocycles. The lowest BCUT2D eigenvalue weighted by atomic mass is 10.2. The quantitative estimate of drug-likeness (QED) is 0.655. The number of ether oxygens (including phenoxy) is 2. The van der Waals surface area contributed by atoms with Crippen LogP contribution in [0.3, 0.4) is 0 Å². The van der Waals surface area contributed by atoms with Crippen LogP contribution in [0.25, 0.3) is 0 Å². The molecule has 124 valence electrons. The third kappa shape index (κ3) is 6.00. The molecule has 0 radical (unpaired) electrons. The predicted octanol–water partition coefficient (Wildman–Crippen LogP) is 0.219. The van der Waals surface area contributed by atoms with Crippen molar-refractivity contribution in [3.05, 3.63) is 29.8 Å². The maximum Gasteiger partial charge on any atom is 0.235 e. The molecule has 22 heavy (non-hydrogen) atoms. The van der Waals surface area contributed by atoms with Crippen molar-refractivity contribution in [3.63, 3.8) is 0 Å². The van der Waals surface area contributed by atoms with E-state index < -0.39 is 10.0 Å². The van der Waals surface area contributed by atoms with Crippen molar-refractivity contribution >= 4 is 15.9 Å². The molecule has 0 aliphatic rings. The van der Waals surface area contributed by atoms with Crippen LogP contribution in [0.2, 0.25) is 0 Å². The van der Waals surface area contributed by atoms with Crippen molar-refractivity contribution in [2.45, 2.75) is 6.54 Å². The number of nitrogens with one attached hydrogen (secondary N) is 1. The molecule has 0 aliphatic heterocycles. The average molecular weight is 330 g/mol. The van der Waals surface area contributed by atoms with Crippen LogP contribution in [0.1, 0.15) is 5.56 Å². The number of hydrogen-bond donors (Lipinski definition) is 1. The van der Waals surface area contributed by atoms with E-state index in [2.05, 4.69) is 5.32 Å². The number of carbonyl (C=O) groups excluding carboxylic acids is 1. The minimum Gasteiger partial charge on any atom is -0.496 e. The lowest BCUT2D eigenvalue weighted by Crippen LogP contribution is -2.40. The van der Waals surface area contributed by atoms with Crippen molar-refractivity contribution in [1.29, 1.82) is 0 Å². The molecule has 1 N–H and O–H groups in total. The number of nitrogens with zero attached hydrogens (tertiary/aromatic N) is 1. The fourth-order valence-electron chi connectivity index (χ4n) is 1.82. The molecule has 1 aromatic carbocycles. The minimum atomic E-state index is -3.53. The van der Waals surface area contributed by atoms with E-state index in [0.717, 1.165) is 10.6 Å². The first-order valence-electron chi connectivity index (χ1n) is 6.71. The number of methoxy groups -OCH3 is 2. The van der Waals surface area contributed by atoms with Gasteiger partial charge in [0.05, 0.1) is 26.5 Å². The Balaban J connectivity index is 2.80. The van der Waals surface area contributed by atoms with Crippen LogP contribution in [0, 0.1) is 0 Å². The Labute approximate surface area is 131 Å². The van der Waals surface area contributed by atoms with Crippen molar-refractivity contribution < 1.29 is 22.7 Å². The van der Waals surface area contributed by atoms with Gasteiger partial charge in [-0.2, -0.15) is 4.31 Å². The summed E-state index contributed by atoms with van der Waals surface area (Å²) in [5, 5.41) is 2.60. The average Bonchev–Trinajstić information content (AvgIpc) is 2.46. The van der Waals surface area contributed by atoms with E-state index in [1.165, 1.54) is 14.2 Å². The largest absolute Gasteiger partial charge is 0.496 e. The maximum atomic E-state index is 11.9. The van der Waals surface area contributed by atoms with Gasteiger partial charge in [0.1, 0.15) is 5.75 Å². The van der Waals surface area contributed by atoms with E-state index in [9.17, 15) is 13.2 Å². The molecular weight excluding hydrogens is 308 g/mol. The van der Waals surface area contributed by atoms with Gasteiger partial charge < -0.3 is 14.8 Å². The summed E-state index contributed by atoms with van der Waals surface area (Å²) in [4.78, 5) is 11.8. The highest BCUT2D eigenvalue weighted by molar-refractivity contribution is 7.88. The first-order valence-corrected chi connectivity index (χ1v) is 8.56. The van der Waals surface area contributed by atoms with Crippen molar-refractivity contribution in [1.82, 2.24) is 9.62 Å². The number of sulfonamides is 1. The molecule has 0 aromatic heterocycles. The number of carbonyl (C=O) groups is 1. The smallest absolute Gasteiger partial charge is 0.235 e. The number of benzene rings is 1. The second-order valence-electron chi connectivity index (χ2n) is 4.69. The zero-order chi connectivity index (χ0) is 16.6. The Kier molecular flexibility index (Phi) is 7.30. The molecule has 1 rings (SSSR count). The summed E-state index contributed by atoms with van der Waals surface area (Å²) >= 11 is 0. The number of amides is 1. The molecule has 7 nitrogen and oxygen atoms in total. The maximum absolute atomic E-state index is 11.9. The van der Waals surface area contributed by atoms with Crippen LogP contribution in [-0.4, -0.2) is 58.8 Å². The van der Waals surface area contributed by atoms with E-state index in [1.54, 1.807) is 24.3 Å². The van der Waals surface area contributed by atoms with Crippen LogP contribution in [0.15, 0.2) is 24.3 Å². The van der Waals surface area contributed by atoms with Gasteiger partial charge in [-0.3, -0.25) is 4.79 Å². The zero-order valence-electron chi connectivity index (χ0n) is 13.0. The highest BCUT2D eigenvalue weighted by Crippen LogP contribution is 2.20. The minimum absolute atomic E-state index is 0.0700. The lowest BCUT2D eigenvalue weighted by molar-refractivity contribution is -0.121. The molecular formula is C14H22N2O5S.